The summed E-state index contributed by atoms with van der Waals surface area (Å²) in [7, 11) is 0. The van der Waals surface area contributed by atoms with Crippen molar-refractivity contribution in [1.29, 1.82) is 0 Å². The normalized spacial score (nSPS) is 10.8. The molecule has 0 saturated carbocycles. The van der Waals surface area contributed by atoms with Crippen LogP contribution in [0.1, 0.15) is 110 Å². The molecule has 0 spiro atoms. The van der Waals surface area contributed by atoms with Crippen LogP contribution in [0.5, 0.6) is 0 Å². The number of rotatable bonds is 19. The van der Waals surface area contributed by atoms with Crippen molar-refractivity contribution in [2.75, 3.05) is 5.75 Å². The Balaban J connectivity index is 3.11. The lowest BCUT2D eigenvalue weighted by Gasteiger charge is -2.03. The summed E-state index contributed by atoms with van der Waals surface area (Å²) in [5.74, 6) is -0.685. The predicted octanol–water partition coefficient (Wildman–Crippen LogP) is 5.92. The molecule has 25 heavy (non-hydrogen) atoms. The average molecular weight is 374 g/mol. The Morgan fingerprint density at radius 3 is 1.52 bits per heavy atom. The van der Waals surface area contributed by atoms with Crippen LogP contribution in [-0.2, 0) is 13.8 Å². The molecule has 0 rings (SSSR count). The fraction of sp³-hybridized carbons (Fsp3) is 0.900. The van der Waals surface area contributed by atoms with Crippen molar-refractivity contribution >= 4 is 23.9 Å². The van der Waals surface area contributed by atoms with Crippen LogP contribution in [0, 0.1) is 0 Å². The summed E-state index contributed by atoms with van der Waals surface area (Å²) in [5.41, 5.74) is 4.96. The zero-order valence-electron chi connectivity index (χ0n) is 16.2. The van der Waals surface area contributed by atoms with Gasteiger partial charge in [0.2, 0.25) is 5.91 Å². The monoisotopic (exact) mass is 373 g/mol. The molecule has 2 N–H and O–H groups in total. The van der Waals surface area contributed by atoms with Gasteiger partial charge >= 0.3 is 5.97 Å². The minimum atomic E-state index is -0.468. The van der Waals surface area contributed by atoms with E-state index in [0.717, 1.165) is 24.9 Å². The van der Waals surface area contributed by atoms with Crippen LogP contribution in [0.3, 0.4) is 0 Å². The van der Waals surface area contributed by atoms with E-state index in [4.69, 9.17) is 9.92 Å². The number of amides is 1. The minimum absolute atomic E-state index is 0.0323. The summed E-state index contributed by atoms with van der Waals surface area (Å²) in [6, 6.07) is 0. The average Bonchev–Trinajstić information content (AvgIpc) is 2.58. The van der Waals surface area contributed by atoms with E-state index in [-0.39, 0.29) is 11.7 Å². The molecule has 0 fully saturated rings. The van der Waals surface area contributed by atoms with Crippen LogP contribution in [-0.4, -0.2) is 17.6 Å². The first-order chi connectivity index (χ1) is 12.2. The number of primary amides is 1. The van der Waals surface area contributed by atoms with Gasteiger partial charge in [-0.2, -0.15) is 0 Å². The maximum absolute atomic E-state index is 11.4. The number of unbranched alkanes of at least 4 members (excludes halogenated alkanes) is 14. The number of hydrogen-bond acceptors (Lipinski definition) is 4. The predicted molar refractivity (Wildman–Crippen MR) is 107 cm³/mol. The maximum atomic E-state index is 11.4. The second kappa shape index (κ2) is 19.6. The van der Waals surface area contributed by atoms with E-state index in [2.05, 4.69) is 6.92 Å². The van der Waals surface area contributed by atoms with E-state index in [1.54, 1.807) is 0 Å². The number of carbonyl (C=O) groups excluding carboxylic acids is 2. The van der Waals surface area contributed by atoms with Gasteiger partial charge in [-0.3, -0.25) is 9.59 Å². The topological polar surface area (TPSA) is 69.4 Å². The van der Waals surface area contributed by atoms with Crippen molar-refractivity contribution in [2.45, 2.75) is 110 Å². The Hall–Kier alpha value is -0.710. The molecule has 0 radical (unpaired) electrons. The van der Waals surface area contributed by atoms with Crippen LogP contribution in [0.15, 0.2) is 0 Å². The Morgan fingerprint density at radius 2 is 1.12 bits per heavy atom. The molecular formula is C20H39NO3S. The van der Waals surface area contributed by atoms with E-state index >= 15 is 0 Å². The van der Waals surface area contributed by atoms with Crippen LogP contribution in [0.4, 0.5) is 0 Å². The zero-order valence-corrected chi connectivity index (χ0v) is 17.0. The number of hydrogen-bond donors (Lipinski definition) is 1. The SMILES string of the molecule is CCCCCCCCCCCCCCCCCC(=O)OSCC(N)=O. The van der Waals surface area contributed by atoms with Crippen molar-refractivity contribution in [3.05, 3.63) is 0 Å². The third kappa shape index (κ3) is 21.2. The molecule has 0 unspecified atom stereocenters. The fourth-order valence-electron chi connectivity index (χ4n) is 2.84. The number of nitrogens with two attached hydrogens (primary N) is 1. The van der Waals surface area contributed by atoms with Gasteiger partial charge in [-0.05, 0) is 6.42 Å². The first-order valence-corrected chi connectivity index (χ1v) is 11.2. The van der Waals surface area contributed by atoms with Gasteiger partial charge in [-0.1, -0.05) is 96.8 Å². The summed E-state index contributed by atoms with van der Waals surface area (Å²) in [5, 5.41) is 0. The number of carbonyl (C=O) groups is 2. The highest BCUT2D eigenvalue weighted by Crippen LogP contribution is 2.14. The Bertz CT molecular complexity index is 324. The summed E-state index contributed by atoms with van der Waals surface area (Å²) < 4.78 is 4.85. The lowest BCUT2D eigenvalue weighted by atomic mass is 10.0. The standard InChI is InChI=1S/C20H39NO3S/c1-2-3-4-5-6-7-8-9-10-11-12-13-14-15-16-17-20(23)24-25-18-19(21)22/h2-18H2,1H3,(H2,21,22). The van der Waals surface area contributed by atoms with Crippen molar-refractivity contribution in [1.82, 2.24) is 0 Å². The summed E-state index contributed by atoms with van der Waals surface area (Å²) >= 11 is 0.833. The van der Waals surface area contributed by atoms with Gasteiger partial charge in [-0.15, -0.1) is 0 Å². The Kier molecular flexibility index (Phi) is 19.1. The van der Waals surface area contributed by atoms with Crippen LogP contribution < -0.4 is 5.73 Å². The molecule has 0 aliphatic rings. The van der Waals surface area contributed by atoms with Crippen molar-refractivity contribution in [3.8, 4) is 0 Å². The third-order valence-electron chi connectivity index (χ3n) is 4.34. The minimum Gasteiger partial charge on any atom is -0.391 e. The first-order valence-electron chi connectivity index (χ1n) is 10.3. The molecule has 4 nitrogen and oxygen atoms in total. The van der Waals surface area contributed by atoms with Gasteiger partial charge in [0, 0.05) is 6.42 Å². The Labute approximate surface area is 159 Å². The van der Waals surface area contributed by atoms with Gasteiger partial charge in [-0.25, -0.2) is 0 Å². The fourth-order valence-corrected chi connectivity index (χ4v) is 3.23. The molecule has 0 aromatic carbocycles. The summed E-state index contributed by atoms with van der Waals surface area (Å²) in [4.78, 5) is 21.9. The Morgan fingerprint density at radius 1 is 0.720 bits per heavy atom. The second-order valence-corrected chi connectivity index (χ2v) is 7.57. The van der Waals surface area contributed by atoms with E-state index in [1.807, 2.05) is 0 Å². The van der Waals surface area contributed by atoms with Gasteiger partial charge in [0.25, 0.3) is 0 Å². The van der Waals surface area contributed by atoms with E-state index in [1.165, 1.54) is 83.5 Å². The summed E-state index contributed by atoms with van der Waals surface area (Å²) in [6.07, 6.45) is 20.1. The van der Waals surface area contributed by atoms with Gasteiger partial charge in [0.05, 0.1) is 12.0 Å². The molecule has 0 atom stereocenters. The van der Waals surface area contributed by atoms with Crippen molar-refractivity contribution in [2.24, 2.45) is 5.73 Å². The molecule has 148 valence electrons. The highest BCUT2D eigenvalue weighted by Gasteiger charge is 2.04. The molecular weight excluding hydrogens is 334 g/mol. The highest BCUT2D eigenvalue weighted by atomic mass is 32.2. The van der Waals surface area contributed by atoms with Gasteiger partial charge in [0.15, 0.2) is 0 Å². The van der Waals surface area contributed by atoms with E-state index in [0.29, 0.717) is 6.42 Å². The highest BCUT2D eigenvalue weighted by molar-refractivity contribution is 7.95. The lowest BCUT2D eigenvalue weighted by Crippen LogP contribution is -2.14. The van der Waals surface area contributed by atoms with Gasteiger partial charge in [0.1, 0.15) is 5.75 Å². The van der Waals surface area contributed by atoms with E-state index in [9.17, 15) is 9.59 Å². The van der Waals surface area contributed by atoms with Crippen LogP contribution in [0.2, 0.25) is 0 Å². The largest absolute Gasteiger partial charge is 0.391 e. The quantitative estimate of drug-likeness (QED) is 0.225. The third-order valence-corrected chi connectivity index (χ3v) is 5.04. The second-order valence-electron chi connectivity index (χ2n) is 6.88. The molecule has 1 amide bonds. The van der Waals surface area contributed by atoms with E-state index < -0.39 is 5.91 Å². The van der Waals surface area contributed by atoms with Gasteiger partial charge < -0.3 is 9.92 Å². The molecule has 5 heteroatoms. The molecule has 0 heterocycles. The molecule has 0 aromatic heterocycles. The molecule has 0 aromatic rings. The summed E-state index contributed by atoms with van der Waals surface area (Å²) in [6.45, 7) is 2.27. The molecule has 0 saturated heterocycles. The van der Waals surface area contributed by atoms with Crippen molar-refractivity contribution < 1.29 is 13.8 Å². The first kappa shape index (κ1) is 24.3. The van der Waals surface area contributed by atoms with Crippen LogP contribution in [0.25, 0.3) is 0 Å². The molecule has 0 aliphatic carbocycles. The molecule has 0 aliphatic heterocycles. The van der Waals surface area contributed by atoms with Crippen molar-refractivity contribution in [3.63, 3.8) is 0 Å². The zero-order chi connectivity index (χ0) is 18.6. The van der Waals surface area contributed by atoms with Crippen LogP contribution >= 0.6 is 12.0 Å². The lowest BCUT2D eigenvalue weighted by molar-refractivity contribution is -0.133. The maximum Gasteiger partial charge on any atom is 0.317 e. The molecule has 0 bridgehead atoms. The smallest absolute Gasteiger partial charge is 0.317 e.